The third-order valence-electron chi connectivity index (χ3n) is 2.51. The Morgan fingerprint density at radius 3 is 3.23 bits per heavy atom. The van der Waals surface area contributed by atoms with E-state index in [0.717, 1.165) is 18.8 Å². The van der Waals surface area contributed by atoms with Crippen molar-refractivity contribution in [2.24, 2.45) is 0 Å². The van der Waals surface area contributed by atoms with Crippen molar-refractivity contribution in [3.63, 3.8) is 0 Å². The molecule has 13 heavy (non-hydrogen) atoms. The number of ether oxygens (including phenoxy) is 1. The molecule has 1 aromatic heterocycles. The molecular formula is C9H12N2O2. The molecule has 0 amide bonds. The first kappa shape index (κ1) is 8.29. The molecule has 0 saturated heterocycles. The summed E-state index contributed by atoms with van der Waals surface area (Å²) in [5.41, 5.74) is 0.571. The number of imidazole rings is 1. The van der Waals surface area contributed by atoms with Gasteiger partial charge in [-0.15, -0.1) is 0 Å². The molecule has 2 rings (SSSR count). The quantitative estimate of drug-likeness (QED) is 0.609. The number of methoxy groups -OCH3 is 1. The van der Waals surface area contributed by atoms with Crippen LogP contribution in [0.1, 0.15) is 35.6 Å². The molecule has 0 fully saturated rings. The van der Waals surface area contributed by atoms with Crippen LogP contribution in [-0.2, 0) is 11.3 Å². The van der Waals surface area contributed by atoms with E-state index >= 15 is 0 Å². The third-order valence-corrected chi connectivity index (χ3v) is 2.51. The summed E-state index contributed by atoms with van der Waals surface area (Å²) in [4.78, 5) is 15.5. The summed E-state index contributed by atoms with van der Waals surface area (Å²) in [5, 5.41) is 0. The molecule has 0 aromatic carbocycles. The molecule has 1 aromatic rings. The van der Waals surface area contributed by atoms with Crippen molar-refractivity contribution >= 4 is 5.97 Å². The molecule has 0 N–H and O–H groups in total. The van der Waals surface area contributed by atoms with Crippen LogP contribution < -0.4 is 0 Å². The number of carbonyl (C=O) groups excluding carboxylic acids is 1. The lowest BCUT2D eigenvalue weighted by atomic mass is 10.1. The number of hydrogen-bond donors (Lipinski definition) is 0. The lowest BCUT2D eigenvalue weighted by Gasteiger charge is -2.01. The molecule has 4 nitrogen and oxygen atoms in total. The Hall–Kier alpha value is -1.32. The third kappa shape index (κ3) is 1.13. The molecule has 1 atom stereocenters. The highest BCUT2D eigenvalue weighted by Crippen LogP contribution is 2.27. The highest BCUT2D eigenvalue weighted by atomic mass is 16.5. The summed E-state index contributed by atoms with van der Waals surface area (Å²) < 4.78 is 6.60. The molecule has 0 aliphatic carbocycles. The maximum atomic E-state index is 11.3. The van der Waals surface area contributed by atoms with Gasteiger partial charge in [0, 0.05) is 12.5 Å². The van der Waals surface area contributed by atoms with Crippen LogP contribution in [0.3, 0.4) is 0 Å². The molecule has 0 saturated carbocycles. The Kier molecular flexibility index (Phi) is 1.83. The Bertz CT molecular complexity index is 343. The highest BCUT2D eigenvalue weighted by Gasteiger charge is 2.25. The molecule has 0 bridgehead atoms. The number of aromatic nitrogens is 2. The van der Waals surface area contributed by atoms with Gasteiger partial charge in [-0.05, 0) is 6.42 Å². The summed E-state index contributed by atoms with van der Waals surface area (Å²) in [6.07, 6.45) is 2.66. The van der Waals surface area contributed by atoms with Crippen molar-refractivity contribution in [3.8, 4) is 0 Å². The van der Waals surface area contributed by atoms with Crippen molar-refractivity contribution in [1.29, 1.82) is 0 Å². The lowest BCUT2D eigenvalue weighted by molar-refractivity contribution is 0.0588. The SMILES string of the molecule is COC(=O)c1cnc2n1CC[C@H]2C. The number of hydrogen-bond acceptors (Lipinski definition) is 3. The van der Waals surface area contributed by atoms with Crippen LogP contribution in [0.2, 0.25) is 0 Å². The normalized spacial score (nSPS) is 20.0. The van der Waals surface area contributed by atoms with Crippen molar-refractivity contribution in [3.05, 3.63) is 17.7 Å². The van der Waals surface area contributed by atoms with Crippen molar-refractivity contribution < 1.29 is 9.53 Å². The number of esters is 1. The smallest absolute Gasteiger partial charge is 0.356 e. The molecule has 0 unspecified atom stereocenters. The minimum Gasteiger partial charge on any atom is -0.464 e. The molecule has 0 spiro atoms. The first-order chi connectivity index (χ1) is 6.24. The maximum Gasteiger partial charge on any atom is 0.356 e. The monoisotopic (exact) mass is 180 g/mol. The van der Waals surface area contributed by atoms with Gasteiger partial charge in [-0.2, -0.15) is 0 Å². The largest absolute Gasteiger partial charge is 0.464 e. The van der Waals surface area contributed by atoms with Crippen LogP contribution in [0.4, 0.5) is 0 Å². The van der Waals surface area contributed by atoms with Crippen LogP contribution >= 0.6 is 0 Å². The van der Waals surface area contributed by atoms with Gasteiger partial charge in [0.1, 0.15) is 11.5 Å². The Morgan fingerprint density at radius 2 is 2.54 bits per heavy atom. The molecule has 4 heteroatoms. The highest BCUT2D eigenvalue weighted by molar-refractivity contribution is 5.87. The summed E-state index contributed by atoms with van der Waals surface area (Å²) in [6, 6.07) is 0. The number of rotatable bonds is 1. The van der Waals surface area contributed by atoms with Crippen molar-refractivity contribution in [1.82, 2.24) is 9.55 Å². The average molecular weight is 180 g/mol. The Labute approximate surface area is 76.5 Å². The van der Waals surface area contributed by atoms with Crippen LogP contribution in [0, 0.1) is 0 Å². The summed E-state index contributed by atoms with van der Waals surface area (Å²) in [5.74, 6) is 1.16. The van der Waals surface area contributed by atoms with E-state index in [4.69, 9.17) is 0 Å². The van der Waals surface area contributed by atoms with Crippen LogP contribution in [0.5, 0.6) is 0 Å². The van der Waals surface area contributed by atoms with Gasteiger partial charge in [-0.3, -0.25) is 0 Å². The standard InChI is InChI=1S/C9H12N2O2/c1-6-3-4-11-7(9(12)13-2)5-10-8(6)11/h5-6H,3-4H2,1-2H3/t6-/m1/s1. The van der Waals surface area contributed by atoms with E-state index in [2.05, 4.69) is 16.6 Å². The van der Waals surface area contributed by atoms with E-state index in [0.29, 0.717) is 11.6 Å². The zero-order valence-electron chi connectivity index (χ0n) is 7.78. The van der Waals surface area contributed by atoms with E-state index < -0.39 is 0 Å². The fraction of sp³-hybridized carbons (Fsp3) is 0.556. The minimum atomic E-state index is -0.298. The molecule has 70 valence electrons. The van der Waals surface area contributed by atoms with Crippen LogP contribution in [-0.4, -0.2) is 22.6 Å². The van der Waals surface area contributed by atoms with Gasteiger partial charge >= 0.3 is 5.97 Å². The molecule has 0 radical (unpaired) electrons. The predicted octanol–water partition coefficient (Wildman–Crippen LogP) is 1.18. The zero-order chi connectivity index (χ0) is 9.42. The maximum absolute atomic E-state index is 11.3. The fourth-order valence-electron chi connectivity index (χ4n) is 1.74. The van der Waals surface area contributed by atoms with Gasteiger partial charge in [0.15, 0.2) is 0 Å². The second-order valence-corrected chi connectivity index (χ2v) is 3.33. The first-order valence-corrected chi connectivity index (χ1v) is 4.37. The summed E-state index contributed by atoms with van der Waals surface area (Å²) in [6.45, 7) is 2.99. The van der Waals surface area contributed by atoms with E-state index in [1.807, 2.05) is 4.57 Å². The van der Waals surface area contributed by atoms with Gasteiger partial charge < -0.3 is 9.30 Å². The van der Waals surface area contributed by atoms with Gasteiger partial charge in [-0.25, -0.2) is 9.78 Å². The number of fused-ring (bicyclic) bond motifs is 1. The second kappa shape index (κ2) is 2.87. The molecular weight excluding hydrogens is 168 g/mol. The van der Waals surface area contributed by atoms with E-state index in [-0.39, 0.29) is 5.97 Å². The first-order valence-electron chi connectivity index (χ1n) is 4.37. The molecule has 2 heterocycles. The Balaban J connectivity index is 2.40. The van der Waals surface area contributed by atoms with Crippen LogP contribution in [0.15, 0.2) is 6.20 Å². The lowest BCUT2D eigenvalue weighted by Crippen LogP contribution is -2.08. The second-order valence-electron chi connectivity index (χ2n) is 3.33. The number of carbonyl (C=O) groups is 1. The fourth-order valence-corrected chi connectivity index (χ4v) is 1.74. The van der Waals surface area contributed by atoms with E-state index in [1.54, 1.807) is 6.20 Å². The van der Waals surface area contributed by atoms with Gasteiger partial charge in [0.2, 0.25) is 0 Å². The summed E-state index contributed by atoms with van der Waals surface area (Å²) in [7, 11) is 1.39. The molecule has 1 aliphatic heterocycles. The van der Waals surface area contributed by atoms with Crippen LogP contribution in [0.25, 0.3) is 0 Å². The average Bonchev–Trinajstić information content (AvgIpc) is 2.68. The van der Waals surface area contributed by atoms with E-state index in [1.165, 1.54) is 7.11 Å². The predicted molar refractivity (Wildman–Crippen MR) is 46.6 cm³/mol. The van der Waals surface area contributed by atoms with Gasteiger partial charge in [-0.1, -0.05) is 6.92 Å². The zero-order valence-corrected chi connectivity index (χ0v) is 7.78. The Morgan fingerprint density at radius 1 is 1.77 bits per heavy atom. The molecule has 1 aliphatic rings. The van der Waals surface area contributed by atoms with Crippen molar-refractivity contribution in [2.75, 3.05) is 7.11 Å². The minimum absolute atomic E-state index is 0.298. The summed E-state index contributed by atoms with van der Waals surface area (Å²) >= 11 is 0. The van der Waals surface area contributed by atoms with Gasteiger partial charge in [0.25, 0.3) is 0 Å². The topological polar surface area (TPSA) is 44.1 Å². The van der Waals surface area contributed by atoms with Crippen molar-refractivity contribution in [2.45, 2.75) is 25.8 Å². The van der Waals surface area contributed by atoms with Gasteiger partial charge in [0.05, 0.1) is 13.3 Å². The number of nitrogens with zero attached hydrogens (tertiary/aromatic N) is 2. The van der Waals surface area contributed by atoms with E-state index in [9.17, 15) is 4.79 Å².